The number of benzene rings is 2. The van der Waals surface area contributed by atoms with Crippen LogP contribution in [0.5, 0.6) is 0 Å². The van der Waals surface area contributed by atoms with Gasteiger partial charge in [-0.05, 0) is 62.1 Å². The predicted octanol–water partition coefficient (Wildman–Crippen LogP) is 5.45. The summed E-state index contributed by atoms with van der Waals surface area (Å²) < 4.78 is 0. The van der Waals surface area contributed by atoms with E-state index in [9.17, 15) is 0 Å². The number of nitrogens with zero attached hydrogens (tertiary/aromatic N) is 3. The molecular weight excluding hydrogens is 470 g/mol. The molecule has 6 N–H and O–H groups in total. The van der Waals surface area contributed by atoms with Gasteiger partial charge in [0, 0.05) is 13.1 Å². The second kappa shape index (κ2) is 12.4. The molecule has 1 aliphatic rings. The van der Waals surface area contributed by atoms with Crippen LogP contribution in [0.1, 0.15) is 54.5 Å². The number of nitrogen functional groups attached to an aromatic ring is 1. The Labute approximate surface area is 218 Å². The summed E-state index contributed by atoms with van der Waals surface area (Å²) in [6, 6.07) is 18.7. The van der Waals surface area contributed by atoms with E-state index < -0.39 is 0 Å². The first-order chi connectivity index (χ1) is 17.5. The monoisotopic (exact) mass is 503 g/mol. The summed E-state index contributed by atoms with van der Waals surface area (Å²) in [4.78, 5) is 13.6. The molecule has 0 amide bonds. The zero-order valence-electron chi connectivity index (χ0n) is 20.7. The number of allylic oxidation sites excluding steroid dienone is 1. The van der Waals surface area contributed by atoms with Crippen LogP contribution in [0.15, 0.2) is 65.2 Å². The lowest BCUT2D eigenvalue weighted by Gasteiger charge is -2.23. The smallest absolute Gasteiger partial charge is 0.193 e. The number of guanidine groups is 1. The Morgan fingerprint density at radius 2 is 1.75 bits per heavy atom. The van der Waals surface area contributed by atoms with Gasteiger partial charge < -0.3 is 22.1 Å². The third kappa shape index (κ3) is 6.98. The molecule has 1 heterocycles. The number of anilines is 2. The number of hydrogen-bond donors (Lipinski definition) is 4. The Morgan fingerprint density at radius 3 is 2.44 bits per heavy atom. The number of aromatic nitrogens is 2. The molecule has 2 aromatic carbocycles. The van der Waals surface area contributed by atoms with Crippen LogP contribution < -0.4 is 22.1 Å². The summed E-state index contributed by atoms with van der Waals surface area (Å²) in [5, 5.41) is 6.74. The molecule has 0 saturated heterocycles. The van der Waals surface area contributed by atoms with Crippen molar-refractivity contribution in [2.75, 3.05) is 17.6 Å². The first kappa shape index (κ1) is 25.5. The standard InChI is InChI=1S/C28H34ClN7/c1-19-13-15-21(16-14-19)18-33-27-25(29)34-24(26(30)36-27)23(22-11-7-12-22)35-28(31)32-17-6-5-10-20-8-3-2-4-9-20/h2-4,8-9,13-16H,5-7,10-12,17-18H2,1H3,(H3,30,33,36)(H3,31,32,35). The fourth-order valence-corrected chi connectivity index (χ4v) is 4.18. The van der Waals surface area contributed by atoms with Gasteiger partial charge in [0.1, 0.15) is 5.69 Å². The van der Waals surface area contributed by atoms with E-state index in [1.165, 1.54) is 16.7 Å². The molecule has 1 fully saturated rings. The number of nitrogens with two attached hydrogens (primary N) is 2. The van der Waals surface area contributed by atoms with Crippen molar-refractivity contribution >= 4 is 34.9 Å². The van der Waals surface area contributed by atoms with Crippen LogP contribution in [-0.4, -0.2) is 22.5 Å². The second-order valence-corrected chi connectivity index (χ2v) is 9.46. The lowest BCUT2D eigenvalue weighted by atomic mass is 9.89. The van der Waals surface area contributed by atoms with Crippen LogP contribution in [0, 0.1) is 6.92 Å². The zero-order valence-corrected chi connectivity index (χ0v) is 21.5. The Morgan fingerprint density at radius 1 is 1.00 bits per heavy atom. The molecular formula is C28H34ClN7. The molecule has 0 spiro atoms. The molecule has 0 aliphatic heterocycles. The molecule has 0 bridgehead atoms. The molecule has 188 valence electrons. The van der Waals surface area contributed by atoms with E-state index in [4.69, 9.17) is 23.1 Å². The fourth-order valence-electron chi connectivity index (χ4n) is 3.99. The van der Waals surface area contributed by atoms with Crippen molar-refractivity contribution in [1.29, 1.82) is 0 Å². The average Bonchev–Trinajstić information content (AvgIpc) is 2.84. The van der Waals surface area contributed by atoms with Crippen LogP contribution in [0.25, 0.3) is 5.70 Å². The van der Waals surface area contributed by atoms with E-state index in [2.05, 4.69) is 81.0 Å². The third-order valence-electron chi connectivity index (χ3n) is 6.26. The first-order valence-corrected chi connectivity index (χ1v) is 12.8. The SMILES string of the molecule is Cc1ccc(CNc2nc(N)c(C(NC(N)=NCCCCc3ccccc3)=C3CCC3)nc2Cl)cc1. The van der Waals surface area contributed by atoms with Crippen molar-refractivity contribution in [1.82, 2.24) is 15.3 Å². The highest BCUT2D eigenvalue weighted by molar-refractivity contribution is 6.31. The van der Waals surface area contributed by atoms with Gasteiger partial charge in [0.15, 0.2) is 22.7 Å². The van der Waals surface area contributed by atoms with E-state index in [0.29, 0.717) is 36.4 Å². The van der Waals surface area contributed by atoms with Crippen LogP contribution >= 0.6 is 11.6 Å². The van der Waals surface area contributed by atoms with Crippen molar-refractivity contribution < 1.29 is 0 Å². The largest absolute Gasteiger partial charge is 0.382 e. The molecule has 3 aromatic rings. The van der Waals surface area contributed by atoms with Gasteiger partial charge in [-0.2, -0.15) is 0 Å². The normalized spacial score (nSPS) is 13.3. The van der Waals surface area contributed by atoms with Gasteiger partial charge in [-0.3, -0.25) is 4.99 Å². The Bertz CT molecular complexity index is 1210. The zero-order chi connectivity index (χ0) is 25.3. The van der Waals surface area contributed by atoms with Gasteiger partial charge in [0.05, 0.1) is 5.70 Å². The number of aryl methyl sites for hydroxylation is 2. The van der Waals surface area contributed by atoms with Gasteiger partial charge in [-0.15, -0.1) is 0 Å². The predicted molar refractivity (Wildman–Crippen MR) is 150 cm³/mol. The molecule has 1 aliphatic carbocycles. The minimum Gasteiger partial charge on any atom is -0.382 e. The molecule has 36 heavy (non-hydrogen) atoms. The van der Waals surface area contributed by atoms with E-state index in [-0.39, 0.29) is 5.15 Å². The summed E-state index contributed by atoms with van der Waals surface area (Å²) >= 11 is 6.50. The molecule has 4 rings (SSSR count). The topological polar surface area (TPSA) is 114 Å². The molecule has 8 heteroatoms. The maximum atomic E-state index is 6.50. The highest BCUT2D eigenvalue weighted by atomic mass is 35.5. The van der Waals surface area contributed by atoms with Gasteiger partial charge in [-0.25, -0.2) is 9.97 Å². The minimum absolute atomic E-state index is 0.266. The maximum Gasteiger partial charge on any atom is 0.193 e. The van der Waals surface area contributed by atoms with Gasteiger partial charge in [-0.1, -0.05) is 71.8 Å². The molecule has 7 nitrogen and oxygen atoms in total. The molecule has 1 aromatic heterocycles. The molecule has 0 radical (unpaired) electrons. The fraction of sp³-hybridized carbons (Fsp3) is 0.321. The van der Waals surface area contributed by atoms with Crippen molar-refractivity contribution in [2.24, 2.45) is 10.7 Å². The van der Waals surface area contributed by atoms with E-state index in [1.54, 1.807) is 0 Å². The van der Waals surface area contributed by atoms with Crippen LogP contribution in [0.4, 0.5) is 11.6 Å². The molecule has 1 saturated carbocycles. The Kier molecular flexibility index (Phi) is 8.79. The van der Waals surface area contributed by atoms with Crippen molar-refractivity contribution in [3.8, 4) is 0 Å². The van der Waals surface area contributed by atoms with Crippen molar-refractivity contribution in [3.63, 3.8) is 0 Å². The third-order valence-corrected chi connectivity index (χ3v) is 6.52. The number of halogens is 1. The highest BCUT2D eigenvalue weighted by Crippen LogP contribution is 2.34. The first-order valence-electron chi connectivity index (χ1n) is 12.5. The quantitative estimate of drug-likeness (QED) is 0.166. The Hall–Kier alpha value is -3.58. The van der Waals surface area contributed by atoms with Crippen molar-refractivity contribution in [3.05, 3.63) is 87.7 Å². The maximum absolute atomic E-state index is 6.50. The highest BCUT2D eigenvalue weighted by Gasteiger charge is 2.22. The summed E-state index contributed by atoms with van der Waals surface area (Å²) in [5.41, 5.74) is 18.7. The van der Waals surface area contributed by atoms with E-state index >= 15 is 0 Å². The number of unbranched alkanes of at least 4 members (excludes halogenated alkanes) is 1. The van der Waals surface area contributed by atoms with Gasteiger partial charge in [0.25, 0.3) is 0 Å². The van der Waals surface area contributed by atoms with Crippen LogP contribution in [0.2, 0.25) is 5.15 Å². The summed E-state index contributed by atoms with van der Waals surface area (Å²) in [6.07, 6.45) is 6.08. The Balaban J connectivity index is 1.39. The van der Waals surface area contributed by atoms with Crippen LogP contribution in [0.3, 0.4) is 0 Å². The van der Waals surface area contributed by atoms with E-state index in [1.807, 2.05) is 6.07 Å². The molecule has 0 unspecified atom stereocenters. The lowest BCUT2D eigenvalue weighted by Crippen LogP contribution is -2.33. The van der Waals surface area contributed by atoms with Gasteiger partial charge >= 0.3 is 0 Å². The number of aliphatic imine (C=N–C) groups is 1. The average molecular weight is 504 g/mol. The summed E-state index contributed by atoms with van der Waals surface area (Å²) in [6.45, 7) is 3.28. The number of rotatable bonds is 10. The summed E-state index contributed by atoms with van der Waals surface area (Å²) in [5.74, 6) is 1.10. The van der Waals surface area contributed by atoms with Crippen LogP contribution in [-0.2, 0) is 13.0 Å². The number of nitrogens with one attached hydrogen (secondary N) is 2. The lowest BCUT2D eigenvalue weighted by molar-refractivity contribution is 0.661. The van der Waals surface area contributed by atoms with E-state index in [0.717, 1.165) is 49.8 Å². The van der Waals surface area contributed by atoms with Gasteiger partial charge in [0.2, 0.25) is 0 Å². The summed E-state index contributed by atoms with van der Waals surface area (Å²) in [7, 11) is 0. The minimum atomic E-state index is 0.266. The van der Waals surface area contributed by atoms with Crippen molar-refractivity contribution in [2.45, 2.75) is 52.0 Å². The molecule has 0 atom stereocenters. The number of hydrogen-bond acceptors (Lipinski definition) is 5. The second-order valence-electron chi connectivity index (χ2n) is 9.10.